The van der Waals surface area contributed by atoms with Crippen molar-refractivity contribution in [1.29, 1.82) is 0 Å². The highest BCUT2D eigenvalue weighted by Gasteiger charge is 2.50. The molecular weight excluding hydrogens is 252 g/mol. The molecule has 2 aliphatic heterocycles. The zero-order valence-electron chi connectivity index (χ0n) is 13.2. The Hall–Kier alpha value is -0.900. The van der Waals surface area contributed by atoms with E-state index in [0.717, 1.165) is 13.0 Å². The van der Waals surface area contributed by atoms with Crippen LogP contribution in [-0.4, -0.2) is 35.8 Å². The average molecular weight is 280 g/mol. The normalized spacial score (nSPS) is 35.1. The van der Waals surface area contributed by atoms with E-state index >= 15 is 0 Å². The van der Waals surface area contributed by atoms with Gasteiger partial charge in [-0.25, -0.2) is 0 Å². The molecule has 2 amide bonds. The van der Waals surface area contributed by atoms with Crippen molar-refractivity contribution >= 4 is 11.8 Å². The Labute approximate surface area is 122 Å². The lowest BCUT2D eigenvalue weighted by atomic mass is 9.78. The minimum atomic E-state index is -0.506. The van der Waals surface area contributed by atoms with Gasteiger partial charge in [-0.1, -0.05) is 27.2 Å². The second-order valence-electron chi connectivity index (χ2n) is 6.93. The SMILES string of the molecule is CCC1CCCNC1CN1C(=O)CC(C)(C(C)C)C1=O. The molecule has 0 spiro atoms. The molecule has 3 unspecified atom stereocenters. The number of amides is 2. The summed E-state index contributed by atoms with van der Waals surface area (Å²) in [5.41, 5.74) is -0.506. The molecule has 20 heavy (non-hydrogen) atoms. The minimum Gasteiger partial charge on any atom is -0.312 e. The molecule has 2 rings (SSSR count). The lowest BCUT2D eigenvalue weighted by molar-refractivity contribution is -0.142. The first-order valence-corrected chi connectivity index (χ1v) is 7.98. The molecule has 0 radical (unpaired) electrons. The van der Waals surface area contributed by atoms with Gasteiger partial charge in [-0.2, -0.15) is 0 Å². The van der Waals surface area contributed by atoms with E-state index in [-0.39, 0.29) is 23.8 Å². The van der Waals surface area contributed by atoms with Crippen LogP contribution >= 0.6 is 0 Å². The maximum absolute atomic E-state index is 12.6. The van der Waals surface area contributed by atoms with Gasteiger partial charge in [0.25, 0.3) is 0 Å². The van der Waals surface area contributed by atoms with E-state index in [1.165, 1.54) is 17.7 Å². The number of piperidine rings is 1. The second kappa shape index (κ2) is 5.84. The zero-order chi connectivity index (χ0) is 14.9. The Balaban J connectivity index is 2.09. The van der Waals surface area contributed by atoms with E-state index in [4.69, 9.17) is 0 Å². The average Bonchev–Trinajstić information content (AvgIpc) is 2.64. The van der Waals surface area contributed by atoms with Crippen molar-refractivity contribution in [2.75, 3.05) is 13.1 Å². The third kappa shape index (κ3) is 2.62. The van der Waals surface area contributed by atoms with Gasteiger partial charge in [0.05, 0.1) is 5.41 Å². The first kappa shape index (κ1) is 15.5. The van der Waals surface area contributed by atoms with Gasteiger partial charge in [-0.15, -0.1) is 0 Å². The number of imide groups is 1. The van der Waals surface area contributed by atoms with Crippen LogP contribution in [0.5, 0.6) is 0 Å². The number of hydrogen-bond donors (Lipinski definition) is 1. The molecule has 4 nitrogen and oxygen atoms in total. The van der Waals surface area contributed by atoms with Crippen LogP contribution in [0.4, 0.5) is 0 Å². The lowest BCUT2D eigenvalue weighted by Gasteiger charge is -2.35. The smallest absolute Gasteiger partial charge is 0.235 e. The predicted octanol–water partition coefficient (Wildman–Crippen LogP) is 2.19. The molecule has 2 heterocycles. The van der Waals surface area contributed by atoms with Crippen molar-refractivity contribution in [3.8, 4) is 0 Å². The molecule has 0 aromatic heterocycles. The number of nitrogens with one attached hydrogen (secondary N) is 1. The van der Waals surface area contributed by atoms with Crippen molar-refractivity contribution in [1.82, 2.24) is 10.2 Å². The summed E-state index contributed by atoms with van der Waals surface area (Å²) in [4.78, 5) is 26.4. The summed E-state index contributed by atoms with van der Waals surface area (Å²) < 4.78 is 0. The first-order valence-electron chi connectivity index (χ1n) is 7.98. The van der Waals surface area contributed by atoms with Gasteiger partial charge in [-0.05, 0) is 38.1 Å². The van der Waals surface area contributed by atoms with Crippen molar-refractivity contribution in [3.05, 3.63) is 0 Å². The number of likely N-dealkylation sites (tertiary alicyclic amines) is 1. The van der Waals surface area contributed by atoms with Crippen molar-refractivity contribution in [3.63, 3.8) is 0 Å². The van der Waals surface area contributed by atoms with Gasteiger partial charge in [0.15, 0.2) is 0 Å². The molecule has 3 atom stereocenters. The number of carbonyl (C=O) groups is 2. The summed E-state index contributed by atoms with van der Waals surface area (Å²) in [5.74, 6) is 0.814. The number of nitrogens with zero attached hydrogens (tertiary/aromatic N) is 1. The predicted molar refractivity (Wildman–Crippen MR) is 79.1 cm³/mol. The van der Waals surface area contributed by atoms with Crippen LogP contribution in [-0.2, 0) is 9.59 Å². The minimum absolute atomic E-state index is 0.00780. The molecule has 114 valence electrons. The van der Waals surface area contributed by atoms with Crippen LogP contribution in [0.1, 0.15) is 53.4 Å². The summed E-state index contributed by atoms with van der Waals surface area (Å²) in [6, 6.07) is 0.274. The van der Waals surface area contributed by atoms with E-state index in [0.29, 0.717) is 18.9 Å². The quantitative estimate of drug-likeness (QED) is 0.803. The van der Waals surface area contributed by atoms with Crippen molar-refractivity contribution in [2.24, 2.45) is 17.3 Å². The van der Waals surface area contributed by atoms with Gasteiger partial charge in [0.2, 0.25) is 11.8 Å². The summed E-state index contributed by atoms with van der Waals surface area (Å²) >= 11 is 0. The Bertz CT molecular complexity index is 394. The molecule has 4 heteroatoms. The fourth-order valence-corrected chi connectivity index (χ4v) is 3.46. The number of carbonyl (C=O) groups excluding carboxylic acids is 2. The fourth-order valence-electron chi connectivity index (χ4n) is 3.46. The Morgan fingerprint density at radius 2 is 2.10 bits per heavy atom. The van der Waals surface area contributed by atoms with Gasteiger partial charge in [-0.3, -0.25) is 14.5 Å². The van der Waals surface area contributed by atoms with Crippen molar-refractivity contribution < 1.29 is 9.59 Å². The van der Waals surface area contributed by atoms with Gasteiger partial charge < -0.3 is 5.32 Å². The summed E-state index contributed by atoms with van der Waals surface area (Å²) in [5, 5.41) is 3.50. The van der Waals surface area contributed by atoms with E-state index in [1.807, 2.05) is 20.8 Å². The molecule has 0 aliphatic carbocycles. The topological polar surface area (TPSA) is 49.4 Å². The highest BCUT2D eigenvalue weighted by molar-refractivity contribution is 6.05. The third-order valence-corrected chi connectivity index (χ3v) is 5.46. The van der Waals surface area contributed by atoms with Gasteiger partial charge >= 0.3 is 0 Å². The number of rotatable bonds is 4. The van der Waals surface area contributed by atoms with Crippen LogP contribution in [0.15, 0.2) is 0 Å². The summed E-state index contributed by atoms with van der Waals surface area (Å²) in [7, 11) is 0. The van der Waals surface area contributed by atoms with E-state index in [1.54, 1.807) is 0 Å². The fraction of sp³-hybridized carbons (Fsp3) is 0.875. The van der Waals surface area contributed by atoms with E-state index in [2.05, 4.69) is 12.2 Å². The second-order valence-corrected chi connectivity index (χ2v) is 6.93. The summed E-state index contributed by atoms with van der Waals surface area (Å²) in [6.07, 6.45) is 3.87. The lowest BCUT2D eigenvalue weighted by Crippen LogP contribution is -2.50. The number of hydrogen-bond acceptors (Lipinski definition) is 3. The maximum atomic E-state index is 12.6. The van der Waals surface area contributed by atoms with Crippen LogP contribution in [0.2, 0.25) is 0 Å². The Kier molecular flexibility index (Phi) is 4.52. The van der Waals surface area contributed by atoms with Gasteiger partial charge in [0.1, 0.15) is 0 Å². The molecule has 2 aliphatic rings. The molecule has 2 saturated heterocycles. The molecule has 0 saturated carbocycles. The van der Waals surface area contributed by atoms with E-state index in [9.17, 15) is 9.59 Å². The molecule has 0 aromatic carbocycles. The van der Waals surface area contributed by atoms with Crippen LogP contribution in [0, 0.1) is 17.3 Å². The molecular formula is C16H28N2O2. The molecule has 0 bridgehead atoms. The highest BCUT2D eigenvalue weighted by Crippen LogP contribution is 2.39. The first-order chi connectivity index (χ1) is 9.40. The third-order valence-electron chi connectivity index (χ3n) is 5.46. The Morgan fingerprint density at radius 3 is 2.65 bits per heavy atom. The monoisotopic (exact) mass is 280 g/mol. The largest absolute Gasteiger partial charge is 0.312 e. The highest BCUT2D eigenvalue weighted by atomic mass is 16.2. The maximum Gasteiger partial charge on any atom is 0.235 e. The standard InChI is InChI=1S/C16H28N2O2/c1-5-12-7-6-8-17-13(12)10-18-14(19)9-16(4,11(2)3)15(18)20/h11-13,17H,5-10H2,1-4H3. The molecule has 2 fully saturated rings. The Morgan fingerprint density at radius 1 is 1.40 bits per heavy atom. The van der Waals surface area contributed by atoms with E-state index < -0.39 is 5.41 Å². The van der Waals surface area contributed by atoms with Crippen LogP contribution in [0.3, 0.4) is 0 Å². The van der Waals surface area contributed by atoms with Gasteiger partial charge in [0, 0.05) is 19.0 Å². The summed E-state index contributed by atoms with van der Waals surface area (Å²) in [6.45, 7) is 9.74. The zero-order valence-corrected chi connectivity index (χ0v) is 13.2. The van der Waals surface area contributed by atoms with Crippen LogP contribution < -0.4 is 5.32 Å². The van der Waals surface area contributed by atoms with Crippen molar-refractivity contribution in [2.45, 2.75) is 59.4 Å². The molecule has 1 N–H and O–H groups in total. The van der Waals surface area contributed by atoms with Crippen LogP contribution in [0.25, 0.3) is 0 Å². The molecule has 0 aromatic rings.